The molecule has 2 rings (SSSR count). The van der Waals surface area contributed by atoms with Crippen LogP contribution < -0.4 is 0 Å². The molecular weight excluding hydrogens is 314 g/mol. The summed E-state index contributed by atoms with van der Waals surface area (Å²) in [7, 11) is 1.28. The van der Waals surface area contributed by atoms with Crippen molar-refractivity contribution < 1.29 is 31.1 Å². The first-order valence-corrected chi connectivity index (χ1v) is 6.07. The molecule has 1 unspecified atom stereocenters. The third-order valence-electron chi connectivity index (χ3n) is 3.24. The topological polar surface area (TPSA) is 32.7 Å². The van der Waals surface area contributed by atoms with Crippen LogP contribution in [0.3, 0.4) is 0 Å². The van der Waals surface area contributed by atoms with Crippen LogP contribution in [-0.2, 0) is 17.1 Å². The van der Waals surface area contributed by atoms with E-state index in [1.807, 2.05) is 0 Å². The monoisotopic (exact) mass is 324 g/mol. The summed E-state index contributed by atoms with van der Waals surface area (Å²) < 4.78 is 76.7. The lowest BCUT2D eigenvalue weighted by Gasteiger charge is -2.14. The van der Waals surface area contributed by atoms with Gasteiger partial charge in [-0.15, -0.1) is 0 Å². The summed E-state index contributed by atoms with van der Waals surface area (Å²) in [6.45, 7) is 1.37. The Hall–Kier alpha value is -2.06. The molecule has 9 heteroatoms. The van der Waals surface area contributed by atoms with Crippen LogP contribution in [0.2, 0.25) is 0 Å². The Morgan fingerprint density at radius 2 is 1.45 bits per heavy atom. The van der Waals surface area contributed by atoms with E-state index in [1.165, 1.54) is 14.0 Å². The van der Waals surface area contributed by atoms with Gasteiger partial charge in [-0.2, -0.15) is 31.4 Å². The van der Waals surface area contributed by atoms with Gasteiger partial charge in [0.1, 0.15) is 0 Å². The number of nitrogens with zero attached hydrogens (tertiary/aromatic N) is 2. The summed E-state index contributed by atoms with van der Waals surface area (Å²) in [4.78, 5) is 11.6. The maximum absolute atomic E-state index is 12.8. The molecule has 0 saturated heterocycles. The molecule has 0 aliphatic carbocycles. The third-order valence-corrected chi connectivity index (χ3v) is 3.24. The van der Waals surface area contributed by atoms with Crippen molar-refractivity contribution in [3.63, 3.8) is 0 Å². The molecule has 1 aliphatic heterocycles. The molecule has 1 amide bonds. The highest BCUT2D eigenvalue weighted by Gasteiger charge is 2.39. The second kappa shape index (κ2) is 4.99. The number of hydrazone groups is 1. The molecule has 0 aromatic heterocycles. The first-order chi connectivity index (χ1) is 9.91. The van der Waals surface area contributed by atoms with Gasteiger partial charge < -0.3 is 0 Å². The number of carbonyl (C=O) groups is 1. The highest BCUT2D eigenvalue weighted by molar-refractivity contribution is 6.15. The number of benzene rings is 1. The molecule has 1 atom stereocenters. The molecule has 1 aliphatic rings. The molecule has 120 valence electrons. The van der Waals surface area contributed by atoms with Gasteiger partial charge >= 0.3 is 12.4 Å². The van der Waals surface area contributed by atoms with E-state index in [1.54, 1.807) is 0 Å². The van der Waals surface area contributed by atoms with E-state index in [9.17, 15) is 31.1 Å². The van der Waals surface area contributed by atoms with Crippen LogP contribution in [0, 0.1) is 5.92 Å². The molecular formula is C13H10F6N2O. The average molecular weight is 324 g/mol. The fraction of sp³-hybridized carbons (Fsp3) is 0.385. The molecule has 0 radical (unpaired) electrons. The van der Waals surface area contributed by atoms with Crippen molar-refractivity contribution in [1.82, 2.24) is 5.01 Å². The smallest absolute Gasteiger partial charge is 0.272 e. The zero-order chi connectivity index (χ0) is 16.9. The molecule has 0 spiro atoms. The second-order valence-electron chi connectivity index (χ2n) is 4.86. The Morgan fingerprint density at radius 1 is 1.00 bits per heavy atom. The molecule has 1 heterocycles. The van der Waals surface area contributed by atoms with E-state index in [-0.39, 0.29) is 17.3 Å². The number of alkyl halides is 6. The van der Waals surface area contributed by atoms with Gasteiger partial charge in [-0.05, 0) is 30.7 Å². The zero-order valence-electron chi connectivity index (χ0n) is 11.4. The van der Waals surface area contributed by atoms with Crippen LogP contribution in [0.15, 0.2) is 23.3 Å². The lowest BCUT2D eigenvalue weighted by atomic mass is 9.95. The number of hydrogen-bond acceptors (Lipinski definition) is 2. The van der Waals surface area contributed by atoms with Gasteiger partial charge in [0.05, 0.1) is 22.8 Å². The largest absolute Gasteiger partial charge is 0.416 e. The molecule has 0 bridgehead atoms. The fourth-order valence-corrected chi connectivity index (χ4v) is 2.11. The predicted molar refractivity (Wildman–Crippen MR) is 64.9 cm³/mol. The maximum atomic E-state index is 12.8. The van der Waals surface area contributed by atoms with Gasteiger partial charge in [-0.3, -0.25) is 4.79 Å². The molecule has 22 heavy (non-hydrogen) atoms. The lowest BCUT2D eigenvalue weighted by Crippen LogP contribution is -2.23. The number of carbonyl (C=O) groups excluding carboxylic acids is 1. The third kappa shape index (κ3) is 2.93. The molecule has 3 nitrogen and oxygen atoms in total. The van der Waals surface area contributed by atoms with Gasteiger partial charge in [0, 0.05) is 7.05 Å². The molecule has 0 fully saturated rings. The second-order valence-corrected chi connectivity index (χ2v) is 4.86. The molecule has 0 N–H and O–H groups in total. The van der Waals surface area contributed by atoms with E-state index < -0.39 is 35.3 Å². The SMILES string of the molecule is CC1C(=O)N(C)N=C1c1cc(C(F)(F)F)cc(C(F)(F)F)c1. The van der Waals surface area contributed by atoms with Gasteiger partial charge in [-0.25, -0.2) is 5.01 Å². The Bertz CT molecular complexity index is 615. The molecule has 1 aromatic rings. The van der Waals surface area contributed by atoms with Gasteiger partial charge in [0.25, 0.3) is 5.91 Å². The van der Waals surface area contributed by atoms with Crippen molar-refractivity contribution in [1.29, 1.82) is 0 Å². The molecule has 0 saturated carbocycles. The first kappa shape index (κ1) is 16.3. The Kier molecular flexibility index (Phi) is 3.70. The summed E-state index contributed by atoms with van der Waals surface area (Å²) >= 11 is 0. The summed E-state index contributed by atoms with van der Waals surface area (Å²) in [5.74, 6) is -1.41. The minimum absolute atomic E-state index is 0.0369. The predicted octanol–water partition coefficient (Wildman–Crippen LogP) is 3.54. The standard InChI is InChI=1S/C13H10F6N2O/c1-6-10(20-21(2)11(6)22)7-3-8(12(14,15)16)5-9(4-7)13(17,18)19/h3-6H,1-2H3. The summed E-state index contributed by atoms with van der Waals surface area (Å²) in [6, 6.07) is 1.17. The highest BCUT2D eigenvalue weighted by atomic mass is 19.4. The van der Waals surface area contributed by atoms with E-state index in [0.717, 1.165) is 5.01 Å². The number of amides is 1. The van der Waals surface area contributed by atoms with Crippen LogP contribution >= 0.6 is 0 Å². The van der Waals surface area contributed by atoms with Crippen LogP contribution in [0.1, 0.15) is 23.6 Å². The first-order valence-electron chi connectivity index (χ1n) is 6.07. The molecule has 1 aromatic carbocycles. The van der Waals surface area contributed by atoms with Crippen molar-refractivity contribution in [3.05, 3.63) is 34.9 Å². The maximum Gasteiger partial charge on any atom is 0.416 e. The highest BCUT2D eigenvalue weighted by Crippen LogP contribution is 2.37. The fourth-order valence-electron chi connectivity index (χ4n) is 2.11. The van der Waals surface area contributed by atoms with E-state index >= 15 is 0 Å². The average Bonchev–Trinajstić information content (AvgIpc) is 2.64. The Labute approximate surface area is 121 Å². The number of hydrogen-bond donors (Lipinski definition) is 0. The Balaban J connectivity index is 2.62. The van der Waals surface area contributed by atoms with Crippen molar-refractivity contribution >= 4 is 11.6 Å². The van der Waals surface area contributed by atoms with E-state index in [4.69, 9.17) is 0 Å². The van der Waals surface area contributed by atoms with Crippen molar-refractivity contribution in [2.75, 3.05) is 7.05 Å². The summed E-state index contributed by atoms with van der Waals surface area (Å²) in [5.41, 5.74) is -3.36. The lowest BCUT2D eigenvalue weighted by molar-refractivity contribution is -0.143. The minimum atomic E-state index is -4.94. The quantitative estimate of drug-likeness (QED) is 0.727. The number of rotatable bonds is 1. The van der Waals surface area contributed by atoms with Crippen LogP contribution in [0.25, 0.3) is 0 Å². The Morgan fingerprint density at radius 3 is 1.77 bits per heavy atom. The van der Waals surface area contributed by atoms with Crippen LogP contribution in [0.4, 0.5) is 26.3 Å². The van der Waals surface area contributed by atoms with Crippen LogP contribution in [-0.4, -0.2) is 23.7 Å². The van der Waals surface area contributed by atoms with Gasteiger partial charge in [0.2, 0.25) is 0 Å². The summed E-state index contributed by atoms with van der Waals surface area (Å²) in [5, 5.41) is 4.63. The van der Waals surface area contributed by atoms with Crippen molar-refractivity contribution in [3.8, 4) is 0 Å². The number of halogens is 6. The van der Waals surface area contributed by atoms with Gasteiger partial charge in [-0.1, -0.05) is 0 Å². The van der Waals surface area contributed by atoms with E-state index in [2.05, 4.69) is 5.10 Å². The normalized spacial score (nSPS) is 19.6. The summed E-state index contributed by atoms with van der Waals surface area (Å²) in [6.07, 6.45) is -9.87. The zero-order valence-corrected chi connectivity index (χ0v) is 11.4. The van der Waals surface area contributed by atoms with Crippen molar-refractivity contribution in [2.24, 2.45) is 11.0 Å². The van der Waals surface area contributed by atoms with Crippen molar-refractivity contribution in [2.45, 2.75) is 19.3 Å². The van der Waals surface area contributed by atoms with E-state index in [0.29, 0.717) is 12.1 Å². The minimum Gasteiger partial charge on any atom is -0.272 e. The van der Waals surface area contributed by atoms with Gasteiger partial charge in [0.15, 0.2) is 0 Å². The van der Waals surface area contributed by atoms with Crippen LogP contribution in [0.5, 0.6) is 0 Å².